The third-order valence-electron chi connectivity index (χ3n) is 4.34. The molecule has 2 aromatic carbocycles. The van der Waals surface area contributed by atoms with Crippen LogP contribution in [0.3, 0.4) is 0 Å². The van der Waals surface area contributed by atoms with Gasteiger partial charge in [-0.1, -0.05) is 51.8 Å². The normalized spacial score (nSPS) is 12.3. The molecule has 2 amide bonds. The molecule has 4 nitrogen and oxygen atoms in total. The van der Waals surface area contributed by atoms with Crippen LogP contribution in [0.1, 0.15) is 38.8 Å². The largest absolute Gasteiger partial charge is 0.350 e. The molecular weight excluding hydrogens is 484 g/mol. The van der Waals surface area contributed by atoms with E-state index in [1.807, 2.05) is 57.2 Å². The second kappa shape index (κ2) is 11.2. The van der Waals surface area contributed by atoms with Crippen LogP contribution < -0.4 is 5.32 Å². The number of hydrogen-bond donors (Lipinski definition) is 1. The van der Waals surface area contributed by atoms with Gasteiger partial charge in [0.05, 0.1) is 5.75 Å². The van der Waals surface area contributed by atoms with Crippen molar-refractivity contribution in [2.75, 3.05) is 5.75 Å². The third kappa shape index (κ3) is 8.32. The van der Waals surface area contributed by atoms with E-state index < -0.39 is 6.04 Å². The molecule has 162 valence electrons. The first-order valence-corrected chi connectivity index (χ1v) is 12.1. The molecule has 2 aromatic rings. The van der Waals surface area contributed by atoms with E-state index in [1.165, 1.54) is 0 Å². The van der Waals surface area contributed by atoms with Crippen molar-refractivity contribution in [1.29, 1.82) is 0 Å². The zero-order valence-electron chi connectivity index (χ0n) is 17.7. The summed E-state index contributed by atoms with van der Waals surface area (Å²) in [7, 11) is 0. The van der Waals surface area contributed by atoms with Crippen molar-refractivity contribution >= 4 is 51.1 Å². The van der Waals surface area contributed by atoms with Gasteiger partial charge in [0.15, 0.2) is 0 Å². The zero-order chi connectivity index (χ0) is 22.3. The average Bonchev–Trinajstić information content (AvgIpc) is 2.67. The van der Waals surface area contributed by atoms with Crippen LogP contribution in [0.25, 0.3) is 0 Å². The second-order valence-electron chi connectivity index (χ2n) is 8.18. The lowest BCUT2D eigenvalue weighted by atomic mass is 10.1. The Morgan fingerprint density at radius 3 is 2.20 bits per heavy atom. The van der Waals surface area contributed by atoms with Crippen LogP contribution in [-0.2, 0) is 21.9 Å². The van der Waals surface area contributed by atoms with Gasteiger partial charge in [0.25, 0.3) is 0 Å². The zero-order valence-corrected chi connectivity index (χ0v) is 20.9. The number of amides is 2. The number of halogens is 2. The lowest BCUT2D eigenvalue weighted by Gasteiger charge is -2.31. The summed E-state index contributed by atoms with van der Waals surface area (Å²) in [6.07, 6.45) is 0. The number of nitrogens with zero attached hydrogens (tertiary/aromatic N) is 1. The Morgan fingerprint density at radius 2 is 1.63 bits per heavy atom. The Hall–Kier alpha value is -1.50. The maximum absolute atomic E-state index is 13.1. The van der Waals surface area contributed by atoms with Crippen LogP contribution >= 0.6 is 39.3 Å². The fraction of sp³-hybridized carbons (Fsp3) is 0.391. The van der Waals surface area contributed by atoms with Crippen LogP contribution in [0.2, 0.25) is 5.02 Å². The van der Waals surface area contributed by atoms with Gasteiger partial charge in [0.1, 0.15) is 6.04 Å². The molecule has 0 bridgehead atoms. The minimum Gasteiger partial charge on any atom is -0.350 e. The Bertz CT molecular complexity index is 851. The van der Waals surface area contributed by atoms with Crippen molar-refractivity contribution in [2.45, 2.75) is 51.6 Å². The monoisotopic (exact) mass is 510 g/mol. The summed E-state index contributed by atoms with van der Waals surface area (Å²) in [5.41, 5.74) is 1.72. The van der Waals surface area contributed by atoms with Crippen molar-refractivity contribution in [1.82, 2.24) is 10.2 Å². The van der Waals surface area contributed by atoms with E-state index in [2.05, 4.69) is 21.2 Å². The summed E-state index contributed by atoms with van der Waals surface area (Å²) in [5.74, 6) is 0.805. The summed E-state index contributed by atoms with van der Waals surface area (Å²) in [5, 5.41) is 3.61. The van der Waals surface area contributed by atoms with E-state index in [0.717, 1.165) is 21.4 Å². The number of carbonyl (C=O) groups is 2. The minimum atomic E-state index is -0.583. The van der Waals surface area contributed by atoms with Crippen LogP contribution in [0, 0.1) is 0 Å². The first kappa shape index (κ1) is 24.8. The predicted molar refractivity (Wildman–Crippen MR) is 130 cm³/mol. The first-order chi connectivity index (χ1) is 14.0. The van der Waals surface area contributed by atoms with Gasteiger partial charge < -0.3 is 10.2 Å². The molecule has 0 saturated heterocycles. The van der Waals surface area contributed by atoms with Crippen molar-refractivity contribution in [3.05, 3.63) is 69.2 Å². The molecule has 0 spiro atoms. The van der Waals surface area contributed by atoms with Crippen LogP contribution in [0.4, 0.5) is 0 Å². The van der Waals surface area contributed by atoms with E-state index in [9.17, 15) is 9.59 Å². The van der Waals surface area contributed by atoms with Gasteiger partial charge in [-0.2, -0.15) is 0 Å². The summed E-state index contributed by atoms with van der Waals surface area (Å²) in [6.45, 7) is 7.91. The Balaban J connectivity index is 2.08. The fourth-order valence-corrected chi connectivity index (χ4v) is 4.02. The number of carbonyl (C=O) groups excluding carboxylic acids is 2. The van der Waals surface area contributed by atoms with Gasteiger partial charge in [-0.25, -0.2) is 0 Å². The molecule has 0 aromatic heterocycles. The van der Waals surface area contributed by atoms with Crippen molar-refractivity contribution in [2.24, 2.45) is 0 Å². The number of benzene rings is 2. The van der Waals surface area contributed by atoms with E-state index in [0.29, 0.717) is 17.3 Å². The van der Waals surface area contributed by atoms with E-state index in [4.69, 9.17) is 11.6 Å². The molecule has 0 aliphatic carbocycles. The Kier molecular flexibility index (Phi) is 9.26. The molecule has 0 aliphatic rings. The quantitative estimate of drug-likeness (QED) is 0.497. The predicted octanol–water partition coefficient (Wildman–Crippen LogP) is 5.67. The van der Waals surface area contributed by atoms with Crippen molar-refractivity contribution in [3.8, 4) is 0 Å². The van der Waals surface area contributed by atoms with Gasteiger partial charge in [0, 0.05) is 27.3 Å². The maximum atomic E-state index is 13.1. The molecule has 0 aliphatic heterocycles. The summed E-state index contributed by atoms with van der Waals surface area (Å²) < 4.78 is 1.03. The standard InChI is InChI=1S/C23H28BrClN2O2S/c1-16(22(29)26-23(2,3)4)27(13-17-7-11-20(25)12-8-17)21(28)15-30-14-18-5-9-19(24)10-6-18/h5-12,16H,13-15H2,1-4H3,(H,26,29)/t16-/m1/s1. The molecule has 0 heterocycles. The van der Waals surface area contributed by atoms with Gasteiger partial charge in [-0.3, -0.25) is 9.59 Å². The van der Waals surface area contributed by atoms with Gasteiger partial charge in [0.2, 0.25) is 11.8 Å². The van der Waals surface area contributed by atoms with E-state index >= 15 is 0 Å². The lowest BCUT2D eigenvalue weighted by molar-refractivity contribution is -0.139. The highest BCUT2D eigenvalue weighted by Gasteiger charge is 2.28. The molecular formula is C23H28BrClN2O2S. The first-order valence-electron chi connectivity index (χ1n) is 9.73. The highest BCUT2D eigenvalue weighted by Crippen LogP contribution is 2.19. The van der Waals surface area contributed by atoms with E-state index in [-0.39, 0.29) is 17.4 Å². The van der Waals surface area contributed by atoms with Crippen molar-refractivity contribution in [3.63, 3.8) is 0 Å². The summed E-state index contributed by atoms with van der Waals surface area (Å²) in [4.78, 5) is 27.4. The Labute approximate surface area is 196 Å². The third-order valence-corrected chi connectivity index (χ3v) is 6.11. The average molecular weight is 512 g/mol. The van der Waals surface area contributed by atoms with Crippen LogP contribution in [0.5, 0.6) is 0 Å². The van der Waals surface area contributed by atoms with Crippen LogP contribution in [0.15, 0.2) is 53.0 Å². The molecule has 0 fully saturated rings. The number of rotatable bonds is 8. The fourth-order valence-electron chi connectivity index (χ4n) is 2.76. The molecule has 0 unspecified atom stereocenters. The molecule has 0 saturated carbocycles. The molecule has 2 rings (SSSR count). The highest BCUT2D eigenvalue weighted by atomic mass is 79.9. The van der Waals surface area contributed by atoms with Gasteiger partial charge >= 0.3 is 0 Å². The van der Waals surface area contributed by atoms with Gasteiger partial charge in [-0.15, -0.1) is 11.8 Å². The Morgan fingerprint density at radius 1 is 1.07 bits per heavy atom. The number of thioether (sulfide) groups is 1. The molecule has 7 heteroatoms. The molecule has 0 radical (unpaired) electrons. The lowest BCUT2D eigenvalue weighted by Crippen LogP contribution is -2.52. The summed E-state index contributed by atoms with van der Waals surface area (Å²) >= 11 is 11.0. The molecule has 1 N–H and O–H groups in total. The summed E-state index contributed by atoms with van der Waals surface area (Å²) in [6, 6.07) is 14.8. The minimum absolute atomic E-state index is 0.0661. The molecule has 30 heavy (non-hydrogen) atoms. The second-order valence-corrected chi connectivity index (χ2v) is 10.5. The highest BCUT2D eigenvalue weighted by molar-refractivity contribution is 9.10. The van der Waals surface area contributed by atoms with Crippen molar-refractivity contribution < 1.29 is 9.59 Å². The smallest absolute Gasteiger partial charge is 0.242 e. The van der Waals surface area contributed by atoms with E-state index in [1.54, 1.807) is 35.7 Å². The topological polar surface area (TPSA) is 49.4 Å². The molecule has 1 atom stereocenters. The number of nitrogens with one attached hydrogen (secondary N) is 1. The SMILES string of the molecule is C[C@H](C(=O)NC(C)(C)C)N(Cc1ccc(Cl)cc1)C(=O)CSCc1ccc(Br)cc1. The van der Waals surface area contributed by atoms with Crippen LogP contribution in [-0.4, -0.2) is 34.0 Å². The number of hydrogen-bond acceptors (Lipinski definition) is 3. The maximum Gasteiger partial charge on any atom is 0.242 e. The van der Waals surface area contributed by atoms with Gasteiger partial charge in [-0.05, 0) is 63.1 Å².